The lowest BCUT2D eigenvalue weighted by Crippen LogP contribution is -1.98. The second-order valence-corrected chi connectivity index (χ2v) is 5.81. The van der Waals surface area contributed by atoms with E-state index >= 15 is 0 Å². The van der Waals surface area contributed by atoms with Crippen LogP contribution in [0.3, 0.4) is 0 Å². The van der Waals surface area contributed by atoms with Gasteiger partial charge in [-0.15, -0.1) is 0 Å². The second-order valence-electron chi connectivity index (χ2n) is 5.81. The Morgan fingerprint density at radius 3 is 1.81 bits per heavy atom. The lowest BCUT2D eigenvalue weighted by atomic mass is 10.1. The number of ether oxygens (including phenoxy) is 1. The van der Waals surface area contributed by atoms with Gasteiger partial charge in [-0.05, 0) is 66.7 Å². The monoisotopic (exact) mass is 358 g/mol. The fraction of sp³-hybridized carbons (Fsp3) is 0. The van der Waals surface area contributed by atoms with E-state index < -0.39 is 0 Å². The van der Waals surface area contributed by atoms with Crippen LogP contribution in [0.25, 0.3) is 22.5 Å². The van der Waals surface area contributed by atoms with Crippen LogP contribution in [0.15, 0.2) is 79.1 Å². The SMILES string of the molecule is Nc1nc(-c2ccc(F)cc2)cc(-c2ccc(Oc3ccncc3)cc2)n1. The van der Waals surface area contributed by atoms with E-state index in [-0.39, 0.29) is 11.8 Å². The summed E-state index contributed by atoms with van der Waals surface area (Å²) in [6.45, 7) is 0. The van der Waals surface area contributed by atoms with E-state index in [1.807, 2.05) is 30.3 Å². The van der Waals surface area contributed by atoms with Crippen LogP contribution in [0, 0.1) is 5.82 Å². The summed E-state index contributed by atoms with van der Waals surface area (Å²) in [7, 11) is 0. The summed E-state index contributed by atoms with van der Waals surface area (Å²) in [6.07, 6.45) is 3.34. The third-order valence-electron chi connectivity index (χ3n) is 3.92. The first-order chi connectivity index (χ1) is 13.2. The van der Waals surface area contributed by atoms with Crippen molar-refractivity contribution in [3.8, 4) is 34.0 Å². The number of anilines is 1. The van der Waals surface area contributed by atoms with E-state index in [0.29, 0.717) is 22.9 Å². The Bertz CT molecular complexity index is 1050. The molecule has 0 atom stereocenters. The average molecular weight is 358 g/mol. The van der Waals surface area contributed by atoms with Crippen molar-refractivity contribution in [1.29, 1.82) is 0 Å². The standard InChI is InChI=1S/C21H15FN4O/c22-16-5-1-14(2-6-16)19-13-20(26-21(23)25-19)15-3-7-17(8-4-15)27-18-9-11-24-12-10-18/h1-13H,(H2,23,25,26). The molecule has 2 N–H and O–H groups in total. The normalized spacial score (nSPS) is 10.6. The molecule has 27 heavy (non-hydrogen) atoms. The number of hydrogen-bond donors (Lipinski definition) is 1. The summed E-state index contributed by atoms with van der Waals surface area (Å²) >= 11 is 0. The van der Waals surface area contributed by atoms with Gasteiger partial charge in [-0.3, -0.25) is 4.98 Å². The van der Waals surface area contributed by atoms with Crippen LogP contribution in [0.2, 0.25) is 0 Å². The molecule has 0 aliphatic heterocycles. The van der Waals surface area contributed by atoms with Crippen molar-refractivity contribution in [3.63, 3.8) is 0 Å². The topological polar surface area (TPSA) is 73.9 Å². The Morgan fingerprint density at radius 2 is 1.22 bits per heavy atom. The van der Waals surface area contributed by atoms with Gasteiger partial charge in [0.25, 0.3) is 0 Å². The molecule has 0 unspecified atom stereocenters. The molecule has 0 fully saturated rings. The van der Waals surface area contributed by atoms with Gasteiger partial charge in [-0.1, -0.05) is 0 Å². The van der Waals surface area contributed by atoms with E-state index in [2.05, 4.69) is 15.0 Å². The van der Waals surface area contributed by atoms with Gasteiger partial charge in [0.1, 0.15) is 17.3 Å². The summed E-state index contributed by atoms with van der Waals surface area (Å²) in [5.74, 6) is 1.27. The minimum Gasteiger partial charge on any atom is -0.457 e. The molecule has 2 aromatic carbocycles. The highest BCUT2D eigenvalue weighted by Crippen LogP contribution is 2.27. The summed E-state index contributed by atoms with van der Waals surface area (Å²) in [5, 5.41) is 0. The van der Waals surface area contributed by atoms with Gasteiger partial charge >= 0.3 is 0 Å². The van der Waals surface area contributed by atoms with Crippen LogP contribution in [0.1, 0.15) is 0 Å². The molecule has 2 heterocycles. The zero-order valence-electron chi connectivity index (χ0n) is 14.2. The maximum atomic E-state index is 13.1. The molecule has 0 saturated carbocycles. The lowest BCUT2D eigenvalue weighted by Gasteiger charge is -2.08. The summed E-state index contributed by atoms with van der Waals surface area (Å²) in [4.78, 5) is 12.5. The van der Waals surface area contributed by atoms with E-state index in [1.54, 1.807) is 36.7 Å². The summed E-state index contributed by atoms with van der Waals surface area (Å²) < 4.78 is 18.9. The first-order valence-corrected chi connectivity index (χ1v) is 8.26. The van der Waals surface area contributed by atoms with Crippen molar-refractivity contribution in [2.45, 2.75) is 0 Å². The Balaban J connectivity index is 1.62. The number of hydrogen-bond acceptors (Lipinski definition) is 5. The van der Waals surface area contributed by atoms with Crippen LogP contribution in [0.5, 0.6) is 11.5 Å². The van der Waals surface area contributed by atoms with Crippen molar-refractivity contribution >= 4 is 5.95 Å². The zero-order chi connectivity index (χ0) is 18.6. The molecule has 6 heteroatoms. The van der Waals surface area contributed by atoms with Gasteiger partial charge in [0.15, 0.2) is 0 Å². The molecule has 5 nitrogen and oxygen atoms in total. The van der Waals surface area contributed by atoms with Crippen molar-refractivity contribution < 1.29 is 9.13 Å². The first-order valence-electron chi connectivity index (χ1n) is 8.26. The highest BCUT2D eigenvalue weighted by Gasteiger charge is 2.08. The Morgan fingerprint density at radius 1 is 0.704 bits per heavy atom. The number of nitrogens with zero attached hydrogens (tertiary/aromatic N) is 3. The minimum absolute atomic E-state index is 0.156. The number of benzene rings is 2. The minimum atomic E-state index is -0.300. The quantitative estimate of drug-likeness (QED) is 0.571. The molecule has 0 amide bonds. The average Bonchev–Trinajstić information content (AvgIpc) is 2.69. The highest BCUT2D eigenvalue weighted by molar-refractivity contribution is 5.69. The van der Waals surface area contributed by atoms with Crippen molar-refractivity contribution in [2.24, 2.45) is 0 Å². The van der Waals surface area contributed by atoms with Gasteiger partial charge in [0.05, 0.1) is 11.4 Å². The largest absolute Gasteiger partial charge is 0.457 e. The fourth-order valence-corrected chi connectivity index (χ4v) is 2.62. The Hall–Kier alpha value is -3.80. The lowest BCUT2D eigenvalue weighted by molar-refractivity contribution is 0.482. The Kier molecular flexibility index (Phi) is 4.45. The molecule has 0 aliphatic carbocycles. The third-order valence-corrected chi connectivity index (χ3v) is 3.92. The summed E-state index contributed by atoms with van der Waals surface area (Å²) in [6, 6.07) is 19.0. The predicted molar refractivity (Wildman–Crippen MR) is 102 cm³/mol. The van der Waals surface area contributed by atoms with Crippen molar-refractivity contribution in [2.75, 3.05) is 5.73 Å². The first kappa shape index (κ1) is 16.7. The van der Waals surface area contributed by atoms with Crippen LogP contribution in [-0.2, 0) is 0 Å². The molecular weight excluding hydrogens is 343 g/mol. The van der Waals surface area contributed by atoms with E-state index in [4.69, 9.17) is 10.5 Å². The number of aromatic nitrogens is 3. The maximum Gasteiger partial charge on any atom is 0.221 e. The van der Waals surface area contributed by atoms with Gasteiger partial charge in [0.2, 0.25) is 5.95 Å². The molecule has 0 bridgehead atoms. The van der Waals surface area contributed by atoms with Gasteiger partial charge in [-0.2, -0.15) is 0 Å². The smallest absolute Gasteiger partial charge is 0.221 e. The molecule has 4 aromatic rings. The van der Waals surface area contributed by atoms with E-state index in [0.717, 1.165) is 11.1 Å². The number of nitrogens with two attached hydrogens (primary N) is 1. The fourth-order valence-electron chi connectivity index (χ4n) is 2.62. The van der Waals surface area contributed by atoms with Crippen LogP contribution >= 0.6 is 0 Å². The summed E-state index contributed by atoms with van der Waals surface area (Å²) in [5.41, 5.74) is 8.82. The van der Waals surface area contributed by atoms with Crippen molar-refractivity contribution in [1.82, 2.24) is 15.0 Å². The molecular formula is C21H15FN4O. The molecule has 0 radical (unpaired) electrons. The second kappa shape index (κ2) is 7.21. The molecule has 2 aromatic heterocycles. The number of rotatable bonds is 4. The van der Waals surface area contributed by atoms with E-state index in [1.165, 1.54) is 12.1 Å². The van der Waals surface area contributed by atoms with Gasteiger partial charge in [0, 0.05) is 23.5 Å². The zero-order valence-corrected chi connectivity index (χ0v) is 14.2. The van der Waals surface area contributed by atoms with E-state index in [9.17, 15) is 4.39 Å². The van der Waals surface area contributed by atoms with Crippen LogP contribution < -0.4 is 10.5 Å². The number of halogens is 1. The molecule has 0 saturated heterocycles. The van der Waals surface area contributed by atoms with Crippen LogP contribution in [0.4, 0.5) is 10.3 Å². The number of nitrogen functional groups attached to an aromatic ring is 1. The van der Waals surface area contributed by atoms with Gasteiger partial charge in [-0.25, -0.2) is 14.4 Å². The highest BCUT2D eigenvalue weighted by atomic mass is 19.1. The number of pyridine rings is 1. The van der Waals surface area contributed by atoms with Crippen LogP contribution in [-0.4, -0.2) is 15.0 Å². The molecule has 0 spiro atoms. The third kappa shape index (κ3) is 3.90. The van der Waals surface area contributed by atoms with Crippen molar-refractivity contribution in [3.05, 3.63) is 84.9 Å². The Labute approximate surface area is 155 Å². The predicted octanol–water partition coefficient (Wildman–Crippen LogP) is 4.72. The molecule has 4 rings (SSSR count). The maximum absolute atomic E-state index is 13.1. The molecule has 132 valence electrons. The molecule has 0 aliphatic rings. The van der Waals surface area contributed by atoms with Gasteiger partial charge < -0.3 is 10.5 Å².